The van der Waals surface area contributed by atoms with E-state index >= 15 is 0 Å². The zero-order valence-electron chi connectivity index (χ0n) is 16.7. The molecule has 1 aliphatic heterocycles. The number of aromatic amines is 1. The first kappa shape index (κ1) is 19.2. The molecule has 29 heavy (non-hydrogen) atoms. The van der Waals surface area contributed by atoms with Crippen molar-refractivity contribution in [3.63, 3.8) is 0 Å². The Labute approximate surface area is 170 Å². The summed E-state index contributed by atoms with van der Waals surface area (Å²) in [4.78, 5) is 26.8. The van der Waals surface area contributed by atoms with Crippen molar-refractivity contribution in [1.29, 1.82) is 0 Å². The summed E-state index contributed by atoms with van der Waals surface area (Å²) in [7, 11) is 0. The number of nitrogens with one attached hydrogen (secondary N) is 1. The van der Waals surface area contributed by atoms with E-state index in [9.17, 15) is 9.59 Å². The van der Waals surface area contributed by atoms with Crippen molar-refractivity contribution in [2.45, 2.75) is 38.6 Å². The number of carbonyl (C=O) groups excluding carboxylic acids is 1. The van der Waals surface area contributed by atoms with Gasteiger partial charge in [-0.15, -0.1) is 0 Å². The van der Waals surface area contributed by atoms with Crippen molar-refractivity contribution in [1.82, 2.24) is 19.7 Å². The summed E-state index contributed by atoms with van der Waals surface area (Å²) in [5.74, 6) is 1.14. The smallest absolute Gasteiger partial charge is 0.342 e. The van der Waals surface area contributed by atoms with Crippen LogP contribution in [0.5, 0.6) is 0 Å². The van der Waals surface area contributed by atoms with E-state index in [0.717, 1.165) is 29.8 Å². The monoisotopic (exact) mass is 390 g/mol. The Morgan fingerprint density at radius 2 is 1.72 bits per heavy atom. The molecule has 6 nitrogen and oxygen atoms in total. The van der Waals surface area contributed by atoms with Gasteiger partial charge in [0.05, 0.1) is 13.0 Å². The second kappa shape index (κ2) is 8.47. The van der Waals surface area contributed by atoms with E-state index < -0.39 is 0 Å². The minimum absolute atomic E-state index is 0.161. The molecule has 0 unspecified atom stereocenters. The molecule has 1 fully saturated rings. The lowest BCUT2D eigenvalue weighted by molar-refractivity contribution is -0.131. The highest BCUT2D eigenvalue weighted by Gasteiger charge is 2.27. The van der Waals surface area contributed by atoms with Crippen LogP contribution in [0.3, 0.4) is 0 Å². The summed E-state index contributed by atoms with van der Waals surface area (Å²) in [5, 5.41) is 6.92. The Bertz CT molecular complexity index is 1010. The van der Waals surface area contributed by atoms with E-state index in [1.165, 1.54) is 5.56 Å². The summed E-state index contributed by atoms with van der Waals surface area (Å²) in [6, 6.07) is 18.0. The van der Waals surface area contributed by atoms with Crippen LogP contribution in [0.2, 0.25) is 0 Å². The van der Waals surface area contributed by atoms with Crippen LogP contribution in [0.15, 0.2) is 59.4 Å². The maximum Gasteiger partial charge on any atom is 0.343 e. The Kier molecular flexibility index (Phi) is 5.60. The van der Waals surface area contributed by atoms with Gasteiger partial charge in [-0.05, 0) is 30.9 Å². The Hall–Kier alpha value is -3.15. The van der Waals surface area contributed by atoms with Crippen molar-refractivity contribution in [3.05, 3.63) is 87.6 Å². The van der Waals surface area contributed by atoms with Gasteiger partial charge in [0, 0.05) is 19.0 Å². The lowest BCUT2D eigenvalue weighted by atomic mass is 9.95. The molecule has 0 aliphatic carbocycles. The van der Waals surface area contributed by atoms with E-state index in [2.05, 4.69) is 22.3 Å². The van der Waals surface area contributed by atoms with Crippen molar-refractivity contribution >= 4 is 5.91 Å². The number of nitrogens with zero attached hydrogens (tertiary/aromatic N) is 3. The van der Waals surface area contributed by atoms with Crippen LogP contribution in [0.1, 0.15) is 41.3 Å². The average molecular weight is 390 g/mol. The molecule has 6 heteroatoms. The molecule has 0 bridgehead atoms. The van der Waals surface area contributed by atoms with Crippen molar-refractivity contribution in [2.75, 3.05) is 13.1 Å². The molecule has 1 N–H and O–H groups in total. The summed E-state index contributed by atoms with van der Waals surface area (Å²) in [5.41, 5.74) is 3.14. The molecule has 1 amide bonds. The van der Waals surface area contributed by atoms with E-state index in [-0.39, 0.29) is 17.5 Å². The highest BCUT2D eigenvalue weighted by Crippen LogP contribution is 2.26. The molecule has 1 aliphatic rings. The van der Waals surface area contributed by atoms with E-state index in [1.54, 1.807) is 4.57 Å². The van der Waals surface area contributed by atoms with Crippen LogP contribution in [-0.4, -0.2) is 38.7 Å². The summed E-state index contributed by atoms with van der Waals surface area (Å²) < 4.78 is 1.73. The first-order valence-corrected chi connectivity index (χ1v) is 10.1. The number of hydrogen-bond acceptors (Lipinski definition) is 3. The predicted molar refractivity (Wildman–Crippen MR) is 112 cm³/mol. The van der Waals surface area contributed by atoms with Crippen molar-refractivity contribution in [2.24, 2.45) is 0 Å². The number of hydrogen-bond donors (Lipinski definition) is 1. The van der Waals surface area contributed by atoms with Crippen molar-refractivity contribution < 1.29 is 4.79 Å². The summed E-state index contributed by atoms with van der Waals surface area (Å²) in [6.45, 7) is 3.95. The van der Waals surface area contributed by atoms with Crippen LogP contribution in [0.4, 0.5) is 0 Å². The second-order valence-corrected chi connectivity index (χ2v) is 7.78. The minimum atomic E-state index is -0.178. The first-order chi connectivity index (χ1) is 14.1. The van der Waals surface area contributed by atoms with E-state index in [0.29, 0.717) is 26.1 Å². The van der Waals surface area contributed by atoms with Gasteiger partial charge in [-0.3, -0.25) is 9.36 Å². The fourth-order valence-electron chi connectivity index (χ4n) is 3.94. The molecule has 2 heterocycles. The lowest BCUT2D eigenvalue weighted by Crippen LogP contribution is -2.39. The normalized spacial score (nSPS) is 14.9. The number of aromatic nitrogens is 3. The first-order valence-electron chi connectivity index (χ1n) is 10.1. The number of benzene rings is 2. The number of H-pyrrole nitrogens is 1. The highest BCUT2D eigenvalue weighted by atomic mass is 16.2. The fourth-order valence-corrected chi connectivity index (χ4v) is 3.94. The standard InChI is InChI=1S/C23H26N4O2/c1-17-7-9-19(10-8-17)16-27-22(24-25-23(27)29)20-11-13-26(14-12-20)21(28)15-18-5-3-2-4-6-18/h2-10,20H,11-16H2,1H3,(H,25,29). The quantitative estimate of drug-likeness (QED) is 0.728. The third kappa shape index (κ3) is 4.47. The van der Waals surface area contributed by atoms with Gasteiger partial charge in [0.2, 0.25) is 5.91 Å². The summed E-state index contributed by atoms with van der Waals surface area (Å²) in [6.07, 6.45) is 2.07. The predicted octanol–water partition coefficient (Wildman–Crippen LogP) is 2.88. The largest absolute Gasteiger partial charge is 0.343 e. The van der Waals surface area contributed by atoms with Gasteiger partial charge in [0.15, 0.2) is 0 Å². The third-order valence-electron chi connectivity index (χ3n) is 5.66. The van der Waals surface area contributed by atoms with Crippen LogP contribution < -0.4 is 5.69 Å². The molecular formula is C23H26N4O2. The van der Waals surface area contributed by atoms with Gasteiger partial charge in [0.25, 0.3) is 0 Å². The van der Waals surface area contributed by atoms with Crippen LogP contribution in [-0.2, 0) is 17.8 Å². The molecule has 1 aromatic heterocycles. The maximum absolute atomic E-state index is 12.6. The zero-order valence-corrected chi connectivity index (χ0v) is 16.7. The second-order valence-electron chi connectivity index (χ2n) is 7.78. The number of amides is 1. The number of carbonyl (C=O) groups is 1. The molecule has 0 saturated carbocycles. The Balaban J connectivity index is 1.40. The van der Waals surface area contributed by atoms with Crippen LogP contribution in [0.25, 0.3) is 0 Å². The number of rotatable bonds is 5. The van der Waals surface area contributed by atoms with Gasteiger partial charge >= 0.3 is 5.69 Å². The number of aryl methyl sites for hydroxylation is 1. The molecule has 1 saturated heterocycles. The molecule has 4 rings (SSSR count). The third-order valence-corrected chi connectivity index (χ3v) is 5.66. The Morgan fingerprint density at radius 1 is 1.03 bits per heavy atom. The van der Waals surface area contributed by atoms with Crippen LogP contribution in [0, 0.1) is 6.92 Å². The van der Waals surface area contributed by atoms with Crippen molar-refractivity contribution in [3.8, 4) is 0 Å². The molecule has 2 aromatic carbocycles. The van der Waals surface area contributed by atoms with Gasteiger partial charge in [0.1, 0.15) is 5.82 Å². The molecule has 0 spiro atoms. The fraction of sp³-hybridized carbons (Fsp3) is 0.348. The molecular weight excluding hydrogens is 364 g/mol. The maximum atomic E-state index is 12.6. The van der Waals surface area contributed by atoms with Gasteiger partial charge in [-0.1, -0.05) is 60.2 Å². The number of likely N-dealkylation sites (tertiary alicyclic amines) is 1. The minimum Gasteiger partial charge on any atom is -0.342 e. The lowest BCUT2D eigenvalue weighted by Gasteiger charge is -2.31. The van der Waals surface area contributed by atoms with Gasteiger partial charge in [-0.2, -0.15) is 5.10 Å². The van der Waals surface area contributed by atoms with Crippen LogP contribution >= 0.6 is 0 Å². The SMILES string of the molecule is Cc1ccc(Cn2c(C3CCN(C(=O)Cc4ccccc4)CC3)n[nH]c2=O)cc1. The Morgan fingerprint density at radius 3 is 2.41 bits per heavy atom. The average Bonchev–Trinajstić information content (AvgIpc) is 3.11. The molecule has 0 radical (unpaired) electrons. The summed E-state index contributed by atoms with van der Waals surface area (Å²) >= 11 is 0. The molecule has 3 aromatic rings. The van der Waals surface area contributed by atoms with E-state index in [1.807, 2.05) is 54.3 Å². The zero-order chi connectivity index (χ0) is 20.2. The highest BCUT2D eigenvalue weighted by molar-refractivity contribution is 5.78. The molecule has 150 valence electrons. The van der Waals surface area contributed by atoms with E-state index in [4.69, 9.17) is 0 Å². The van der Waals surface area contributed by atoms with Gasteiger partial charge in [-0.25, -0.2) is 9.89 Å². The molecule has 0 atom stereocenters. The number of piperidine rings is 1. The topological polar surface area (TPSA) is 71.0 Å². The van der Waals surface area contributed by atoms with Gasteiger partial charge < -0.3 is 4.90 Å².